The second kappa shape index (κ2) is 12.5. The van der Waals surface area contributed by atoms with Crippen LogP contribution in [-0.4, -0.2) is 87.1 Å². The maximum absolute atomic E-state index is 14.5. The van der Waals surface area contributed by atoms with Gasteiger partial charge in [0.25, 0.3) is 0 Å². The van der Waals surface area contributed by atoms with Crippen LogP contribution >= 0.6 is 0 Å². The molecule has 0 aromatic heterocycles. The van der Waals surface area contributed by atoms with Crippen molar-refractivity contribution in [2.75, 3.05) is 26.2 Å². The minimum absolute atomic E-state index is 0.0595. The molecule has 224 valence electrons. The maximum Gasteiger partial charge on any atom is 0.248 e. The topological polar surface area (TPSA) is 90.4 Å². The van der Waals surface area contributed by atoms with E-state index in [1.165, 1.54) is 0 Å². The van der Waals surface area contributed by atoms with E-state index in [4.69, 9.17) is 4.74 Å². The first-order valence-electron chi connectivity index (χ1n) is 15.1. The van der Waals surface area contributed by atoms with Crippen molar-refractivity contribution >= 4 is 17.7 Å². The van der Waals surface area contributed by atoms with Gasteiger partial charge >= 0.3 is 0 Å². The van der Waals surface area contributed by atoms with Gasteiger partial charge in [-0.05, 0) is 37.7 Å². The van der Waals surface area contributed by atoms with E-state index in [2.05, 4.69) is 27.0 Å². The van der Waals surface area contributed by atoms with Crippen LogP contribution in [0.3, 0.4) is 0 Å². The largest absolute Gasteiger partial charge is 0.394 e. The third kappa shape index (κ3) is 5.14. The zero-order valence-corrected chi connectivity index (χ0v) is 25.1. The Morgan fingerprint density at radius 3 is 2.39 bits per heavy atom. The highest BCUT2D eigenvalue weighted by atomic mass is 16.5. The molecule has 3 heterocycles. The van der Waals surface area contributed by atoms with E-state index in [1.54, 1.807) is 26.9 Å². The van der Waals surface area contributed by atoms with Gasteiger partial charge in [-0.2, -0.15) is 0 Å². The Bertz CT molecular complexity index is 1140. The number of fused-ring (bicyclic) bond motifs is 1. The number of hydrogen-bond acceptors (Lipinski definition) is 5. The summed E-state index contributed by atoms with van der Waals surface area (Å²) < 4.78 is 6.91. The molecule has 2 bridgehead atoms. The van der Waals surface area contributed by atoms with Gasteiger partial charge in [0, 0.05) is 26.2 Å². The van der Waals surface area contributed by atoms with Gasteiger partial charge in [0.2, 0.25) is 17.7 Å². The average molecular weight is 566 g/mol. The monoisotopic (exact) mass is 565 g/mol. The molecule has 1 N–H and O–H groups in total. The fraction of sp³-hybridized carbons (Fsp3) is 0.606. The quantitative estimate of drug-likeness (QED) is 0.347. The smallest absolute Gasteiger partial charge is 0.248 e. The molecule has 7 atom stereocenters. The van der Waals surface area contributed by atoms with E-state index in [1.807, 2.05) is 44.2 Å². The Balaban J connectivity index is 1.80. The number of hydrogen-bond donors (Lipinski definition) is 1. The third-order valence-electron chi connectivity index (χ3n) is 9.65. The summed E-state index contributed by atoms with van der Waals surface area (Å²) in [4.78, 5) is 48.5. The zero-order valence-electron chi connectivity index (χ0n) is 25.1. The number of carbonyl (C=O) groups excluding carboxylic acids is 3. The van der Waals surface area contributed by atoms with Gasteiger partial charge in [-0.25, -0.2) is 0 Å². The zero-order chi connectivity index (χ0) is 29.9. The average Bonchev–Trinajstić information content (AvgIpc) is 3.48. The van der Waals surface area contributed by atoms with E-state index in [9.17, 15) is 19.5 Å². The van der Waals surface area contributed by atoms with E-state index in [0.717, 1.165) is 18.4 Å². The molecular formula is C33H47N3O5. The number of carbonyl (C=O) groups is 3. The fourth-order valence-corrected chi connectivity index (χ4v) is 7.50. The number of unbranched alkanes of at least 4 members (excludes halogenated alkanes) is 1. The normalized spacial score (nSPS) is 30.7. The molecule has 3 aliphatic rings. The molecule has 3 fully saturated rings. The SMILES string of the molecule is C=CCN(CCCC)C(=O)C1N([C@@H](CC)CO)C(=O)[C@@H]2[C@@H](C(=O)N(CC=C)Cc3ccccc3)[C@]3(C)OC12CC3C. The molecule has 4 rings (SSSR count). The molecule has 3 saturated heterocycles. The van der Waals surface area contributed by atoms with E-state index in [0.29, 0.717) is 39.0 Å². The highest BCUT2D eigenvalue weighted by Gasteiger charge is 2.80. The predicted molar refractivity (Wildman–Crippen MR) is 159 cm³/mol. The van der Waals surface area contributed by atoms with Crippen LogP contribution in [0.25, 0.3) is 0 Å². The molecule has 0 aliphatic carbocycles. The molecule has 41 heavy (non-hydrogen) atoms. The Morgan fingerprint density at radius 1 is 1.15 bits per heavy atom. The first-order valence-corrected chi connectivity index (χ1v) is 15.1. The summed E-state index contributed by atoms with van der Waals surface area (Å²) in [6.07, 6.45) is 6.11. The summed E-state index contributed by atoms with van der Waals surface area (Å²) >= 11 is 0. The Kier molecular flexibility index (Phi) is 9.44. The third-order valence-corrected chi connectivity index (χ3v) is 9.65. The van der Waals surface area contributed by atoms with Crippen LogP contribution in [0.1, 0.15) is 58.9 Å². The molecule has 8 nitrogen and oxygen atoms in total. The number of rotatable bonds is 14. The maximum atomic E-state index is 14.5. The summed E-state index contributed by atoms with van der Waals surface area (Å²) in [6, 6.07) is 8.28. The molecule has 0 radical (unpaired) electrons. The number of ether oxygens (including phenoxy) is 1. The van der Waals surface area contributed by atoms with Gasteiger partial charge in [-0.3, -0.25) is 14.4 Å². The minimum Gasteiger partial charge on any atom is -0.394 e. The number of nitrogens with zero attached hydrogens (tertiary/aromatic N) is 3. The summed E-state index contributed by atoms with van der Waals surface area (Å²) in [5.74, 6) is -2.27. The van der Waals surface area contributed by atoms with Crippen molar-refractivity contribution in [1.29, 1.82) is 0 Å². The lowest BCUT2D eigenvalue weighted by atomic mass is 9.62. The molecular weight excluding hydrogens is 518 g/mol. The predicted octanol–water partition coefficient (Wildman–Crippen LogP) is 3.80. The lowest BCUT2D eigenvalue weighted by Gasteiger charge is -2.39. The van der Waals surface area contributed by atoms with Crippen LogP contribution in [0.2, 0.25) is 0 Å². The molecule has 3 unspecified atom stereocenters. The number of amides is 3. The first kappa shape index (κ1) is 31.0. The van der Waals surface area contributed by atoms with Crippen molar-refractivity contribution in [1.82, 2.24) is 14.7 Å². The number of likely N-dealkylation sites (tertiary alicyclic amines) is 1. The fourth-order valence-electron chi connectivity index (χ4n) is 7.50. The minimum atomic E-state index is -1.15. The van der Waals surface area contributed by atoms with Gasteiger partial charge in [0.15, 0.2) is 0 Å². The Hall–Kier alpha value is -2.97. The molecule has 3 amide bonds. The summed E-state index contributed by atoms with van der Waals surface area (Å²) in [7, 11) is 0. The van der Waals surface area contributed by atoms with Crippen molar-refractivity contribution in [3.63, 3.8) is 0 Å². The van der Waals surface area contributed by atoms with Crippen LogP contribution in [0.5, 0.6) is 0 Å². The van der Waals surface area contributed by atoms with Gasteiger partial charge in [-0.1, -0.05) is 69.7 Å². The van der Waals surface area contributed by atoms with Gasteiger partial charge in [0.05, 0.1) is 30.1 Å². The standard InChI is InChI=1S/C33H47N3O5/c1-7-11-19-34(17-8-2)31(40)28-33-20-23(5)32(6,41-33)26(27(33)30(39)36(28)25(10-4)22-37)29(38)35(18-9-3)21-24-15-13-12-14-16-24/h8-9,12-16,23,25-28,37H,2-3,7,10-11,17-22H2,1,4-6H3/t23?,25-,26-,27-,28?,32+,33?/m0/s1. The molecule has 1 aromatic carbocycles. The summed E-state index contributed by atoms with van der Waals surface area (Å²) in [5.41, 5.74) is -1.08. The van der Waals surface area contributed by atoms with E-state index >= 15 is 0 Å². The number of benzene rings is 1. The molecule has 1 spiro atoms. The highest BCUT2D eigenvalue weighted by Crippen LogP contribution is 2.66. The van der Waals surface area contributed by atoms with Gasteiger partial charge in [0.1, 0.15) is 11.6 Å². The van der Waals surface area contributed by atoms with Crippen LogP contribution < -0.4 is 0 Å². The molecule has 8 heteroatoms. The molecule has 3 aliphatic heterocycles. The Labute approximate surface area is 245 Å². The summed E-state index contributed by atoms with van der Waals surface area (Å²) in [5, 5.41) is 10.4. The summed E-state index contributed by atoms with van der Waals surface area (Å²) in [6.45, 7) is 17.0. The van der Waals surface area contributed by atoms with Crippen molar-refractivity contribution in [2.45, 2.75) is 83.2 Å². The highest BCUT2D eigenvalue weighted by molar-refractivity contribution is 5.99. The van der Waals surface area contributed by atoms with Crippen molar-refractivity contribution in [3.05, 3.63) is 61.2 Å². The van der Waals surface area contributed by atoms with Gasteiger partial charge < -0.3 is 24.5 Å². The van der Waals surface area contributed by atoms with E-state index < -0.39 is 35.1 Å². The van der Waals surface area contributed by atoms with Gasteiger partial charge in [-0.15, -0.1) is 13.2 Å². The number of aliphatic hydroxyl groups excluding tert-OH is 1. The number of aliphatic hydroxyl groups is 1. The molecule has 0 saturated carbocycles. The van der Waals surface area contributed by atoms with Crippen LogP contribution in [0, 0.1) is 17.8 Å². The van der Waals surface area contributed by atoms with Crippen LogP contribution in [0.4, 0.5) is 0 Å². The van der Waals surface area contributed by atoms with Crippen molar-refractivity contribution in [3.8, 4) is 0 Å². The van der Waals surface area contributed by atoms with Crippen molar-refractivity contribution in [2.24, 2.45) is 17.8 Å². The first-order chi connectivity index (χ1) is 19.6. The van der Waals surface area contributed by atoms with Crippen LogP contribution in [-0.2, 0) is 25.7 Å². The lowest BCUT2D eigenvalue weighted by molar-refractivity contribution is -0.157. The van der Waals surface area contributed by atoms with E-state index in [-0.39, 0.29) is 30.2 Å². The van der Waals surface area contributed by atoms with Crippen LogP contribution in [0.15, 0.2) is 55.6 Å². The molecule has 1 aromatic rings. The second-order valence-electron chi connectivity index (χ2n) is 12.1. The Morgan fingerprint density at radius 2 is 1.80 bits per heavy atom. The second-order valence-corrected chi connectivity index (χ2v) is 12.1. The van der Waals surface area contributed by atoms with Crippen molar-refractivity contribution < 1.29 is 24.2 Å². The lowest BCUT2D eigenvalue weighted by Crippen LogP contribution is -2.59.